The van der Waals surface area contributed by atoms with Crippen molar-refractivity contribution in [2.75, 3.05) is 5.32 Å². The first-order chi connectivity index (χ1) is 14.2. The van der Waals surface area contributed by atoms with Gasteiger partial charge < -0.3 is 5.32 Å². The molecule has 7 heteroatoms. The smallest absolute Gasteiger partial charge is 0.186 e. The molecule has 5 rings (SSSR count). The van der Waals surface area contributed by atoms with E-state index in [9.17, 15) is 4.39 Å². The first kappa shape index (κ1) is 17.6. The van der Waals surface area contributed by atoms with E-state index in [0.29, 0.717) is 34.3 Å². The van der Waals surface area contributed by atoms with Crippen molar-refractivity contribution in [2.24, 2.45) is 0 Å². The first-order valence-corrected chi connectivity index (χ1v) is 9.46. The first-order valence-electron chi connectivity index (χ1n) is 9.08. The lowest BCUT2D eigenvalue weighted by molar-refractivity contribution is 0.628. The van der Waals surface area contributed by atoms with E-state index in [2.05, 4.69) is 15.6 Å². The molecular formula is C22H15ClFN5. The average Bonchev–Trinajstić information content (AvgIpc) is 3.17. The molecule has 0 saturated heterocycles. The molecule has 0 aliphatic rings. The number of benzene rings is 3. The molecule has 0 aliphatic carbocycles. The molecule has 0 unspecified atom stereocenters. The highest BCUT2D eigenvalue weighted by atomic mass is 35.5. The lowest BCUT2D eigenvalue weighted by atomic mass is 10.1. The Bertz CT molecular complexity index is 1350. The lowest BCUT2D eigenvalue weighted by Crippen LogP contribution is -2.05. The van der Waals surface area contributed by atoms with Crippen molar-refractivity contribution in [1.29, 1.82) is 0 Å². The summed E-state index contributed by atoms with van der Waals surface area (Å²) in [7, 11) is 0. The predicted molar refractivity (Wildman–Crippen MR) is 112 cm³/mol. The number of halogens is 2. The third kappa shape index (κ3) is 3.17. The second-order valence-electron chi connectivity index (χ2n) is 6.61. The summed E-state index contributed by atoms with van der Waals surface area (Å²) in [5.74, 6) is 0.356. The van der Waals surface area contributed by atoms with Gasteiger partial charge in [-0.1, -0.05) is 59.3 Å². The van der Waals surface area contributed by atoms with Gasteiger partial charge in [-0.15, -0.1) is 5.10 Å². The third-order valence-electron chi connectivity index (χ3n) is 4.75. The third-order valence-corrected chi connectivity index (χ3v) is 5.12. The molecule has 0 spiro atoms. The van der Waals surface area contributed by atoms with E-state index >= 15 is 0 Å². The Morgan fingerprint density at radius 3 is 2.66 bits per heavy atom. The number of fused-ring (bicyclic) bond motifs is 3. The molecule has 29 heavy (non-hydrogen) atoms. The number of aromatic nitrogens is 4. The molecule has 0 amide bonds. The van der Waals surface area contributed by atoms with Crippen LogP contribution < -0.4 is 5.32 Å². The number of hydrogen-bond acceptors (Lipinski definition) is 4. The van der Waals surface area contributed by atoms with Gasteiger partial charge in [0.1, 0.15) is 17.3 Å². The van der Waals surface area contributed by atoms with E-state index in [-0.39, 0.29) is 5.82 Å². The van der Waals surface area contributed by atoms with Crippen LogP contribution in [0.3, 0.4) is 0 Å². The highest BCUT2D eigenvalue weighted by Crippen LogP contribution is 2.28. The van der Waals surface area contributed by atoms with Gasteiger partial charge >= 0.3 is 0 Å². The number of nitrogens with zero attached hydrogens (tertiary/aromatic N) is 4. The zero-order valence-corrected chi connectivity index (χ0v) is 15.9. The van der Waals surface area contributed by atoms with E-state index in [4.69, 9.17) is 16.6 Å². The van der Waals surface area contributed by atoms with Gasteiger partial charge in [-0.3, -0.25) is 0 Å². The quantitative estimate of drug-likeness (QED) is 0.439. The molecule has 2 heterocycles. The molecule has 0 bridgehead atoms. The molecule has 142 valence electrons. The van der Waals surface area contributed by atoms with Crippen LogP contribution in [0, 0.1) is 5.82 Å². The molecule has 0 radical (unpaired) electrons. The van der Waals surface area contributed by atoms with Gasteiger partial charge in [-0.25, -0.2) is 9.37 Å². The minimum absolute atomic E-state index is 0.332. The van der Waals surface area contributed by atoms with Crippen molar-refractivity contribution >= 4 is 34.0 Å². The van der Waals surface area contributed by atoms with Crippen LogP contribution in [0.15, 0.2) is 72.8 Å². The summed E-state index contributed by atoms with van der Waals surface area (Å²) in [6, 6.07) is 21.7. The molecule has 0 atom stereocenters. The summed E-state index contributed by atoms with van der Waals surface area (Å²) in [6.07, 6.45) is 0. The van der Waals surface area contributed by atoms with Crippen LogP contribution in [0.1, 0.15) is 5.56 Å². The Hall–Kier alpha value is -3.51. The van der Waals surface area contributed by atoms with E-state index in [1.807, 2.05) is 48.5 Å². The van der Waals surface area contributed by atoms with Crippen molar-refractivity contribution in [3.8, 4) is 11.3 Å². The highest BCUT2D eigenvalue weighted by Gasteiger charge is 2.16. The Morgan fingerprint density at radius 1 is 0.966 bits per heavy atom. The largest absolute Gasteiger partial charge is 0.365 e. The Labute approximate surface area is 170 Å². The van der Waals surface area contributed by atoms with Gasteiger partial charge in [-0.05, 0) is 35.9 Å². The standard InChI is InChI=1S/C22H15ClFN5/c23-18-10-3-1-6-15(18)13-25-21-17-9-2-4-11-19(17)29-22(26-21)20(27-28-29)14-7-5-8-16(24)12-14/h1-12H,13H2,(H,25,26). The number of para-hydroxylation sites is 1. The van der Waals surface area contributed by atoms with Crippen molar-refractivity contribution in [3.63, 3.8) is 0 Å². The maximum absolute atomic E-state index is 13.7. The van der Waals surface area contributed by atoms with Crippen molar-refractivity contribution in [2.45, 2.75) is 6.54 Å². The number of rotatable bonds is 4. The second-order valence-corrected chi connectivity index (χ2v) is 7.01. The van der Waals surface area contributed by atoms with Crippen molar-refractivity contribution < 1.29 is 4.39 Å². The fraction of sp³-hybridized carbons (Fsp3) is 0.0455. The minimum atomic E-state index is -0.332. The van der Waals surface area contributed by atoms with E-state index in [1.165, 1.54) is 12.1 Å². The Morgan fingerprint density at radius 2 is 1.79 bits per heavy atom. The van der Waals surface area contributed by atoms with Crippen LogP contribution in [0.25, 0.3) is 27.8 Å². The predicted octanol–water partition coefficient (Wildman–Crippen LogP) is 5.35. The molecule has 5 nitrogen and oxygen atoms in total. The van der Waals surface area contributed by atoms with Crippen LogP contribution in [0.2, 0.25) is 5.02 Å². The average molecular weight is 404 g/mol. The van der Waals surface area contributed by atoms with Gasteiger partial charge in [0, 0.05) is 22.5 Å². The van der Waals surface area contributed by atoms with Gasteiger partial charge in [0.05, 0.1) is 5.52 Å². The zero-order chi connectivity index (χ0) is 19.8. The Balaban J connectivity index is 1.66. The molecule has 0 fully saturated rings. The van der Waals surface area contributed by atoms with Gasteiger partial charge in [0.2, 0.25) is 0 Å². The number of hydrogen-bond donors (Lipinski definition) is 1. The molecule has 1 N–H and O–H groups in total. The normalized spacial score (nSPS) is 11.2. The molecule has 5 aromatic rings. The molecule has 0 aliphatic heterocycles. The molecule has 0 saturated carbocycles. The summed E-state index contributed by atoms with van der Waals surface area (Å²) in [5.41, 5.74) is 3.53. The minimum Gasteiger partial charge on any atom is -0.365 e. The topological polar surface area (TPSA) is 55.1 Å². The monoisotopic (exact) mass is 403 g/mol. The molecule has 2 aromatic heterocycles. The van der Waals surface area contributed by atoms with Crippen LogP contribution >= 0.6 is 11.6 Å². The summed E-state index contributed by atoms with van der Waals surface area (Å²) in [4.78, 5) is 4.78. The molecular weight excluding hydrogens is 389 g/mol. The van der Waals surface area contributed by atoms with Gasteiger partial charge in [0.15, 0.2) is 5.65 Å². The van der Waals surface area contributed by atoms with Gasteiger partial charge in [0.25, 0.3) is 0 Å². The fourth-order valence-electron chi connectivity index (χ4n) is 3.34. The van der Waals surface area contributed by atoms with Gasteiger partial charge in [-0.2, -0.15) is 4.52 Å². The number of nitrogens with one attached hydrogen (secondary N) is 1. The summed E-state index contributed by atoms with van der Waals surface area (Å²) in [5, 5.41) is 13.5. The van der Waals surface area contributed by atoms with Crippen LogP contribution in [0.4, 0.5) is 10.2 Å². The Kier molecular flexibility index (Phi) is 4.33. The summed E-state index contributed by atoms with van der Waals surface area (Å²) in [6.45, 7) is 0.518. The van der Waals surface area contributed by atoms with E-state index < -0.39 is 0 Å². The van der Waals surface area contributed by atoms with Crippen LogP contribution in [0.5, 0.6) is 0 Å². The lowest BCUT2D eigenvalue weighted by Gasteiger charge is -2.11. The fourth-order valence-corrected chi connectivity index (χ4v) is 3.54. The zero-order valence-electron chi connectivity index (χ0n) is 15.2. The van der Waals surface area contributed by atoms with Crippen LogP contribution in [-0.2, 0) is 6.54 Å². The van der Waals surface area contributed by atoms with E-state index in [1.54, 1.807) is 16.6 Å². The van der Waals surface area contributed by atoms with Crippen molar-refractivity contribution in [3.05, 3.63) is 89.2 Å². The highest BCUT2D eigenvalue weighted by molar-refractivity contribution is 6.31. The summed E-state index contributed by atoms with van der Waals surface area (Å²) >= 11 is 6.29. The maximum atomic E-state index is 13.7. The van der Waals surface area contributed by atoms with Crippen LogP contribution in [-0.4, -0.2) is 19.8 Å². The summed E-state index contributed by atoms with van der Waals surface area (Å²) < 4.78 is 15.4. The second kappa shape index (κ2) is 7.14. The maximum Gasteiger partial charge on any atom is 0.186 e. The SMILES string of the molecule is Fc1cccc(-c2nnn3c2nc(NCc2ccccc2Cl)c2ccccc23)c1. The van der Waals surface area contributed by atoms with Crippen molar-refractivity contribution in [1.82, 2.24) is 19.8 Å². The number of anilines is 1. The molecule has 3 aromatic carbocycles. The van der Waals surface area contributed by atoms with E-state index in [0.717, 1.165) is 16.5 Å².